The van der Waals surface area contributed by atoms with Gasteiger partial charge in [-0.2, -0.15) is 0 Å². The van der Waals surface area contributed by atoms with E-state index in [0.29, 0.717) is 0 Å². The van der Waals surface area contributed by atoms with Gasteiger partial charge in [-0.25, -0.2) is 0 Å². The van der Waals surface area contributed by atoms with E-state index in [1.54, 1.807) is 0 Å². The van der Waals surface area contributed by atoms with Gasteiger partial charge in [-0.3, -0.25) is 0 Å². The summed E-state index contributed by atoms with van der Waals surface area (Å²) in [4.78, 5) is 0. The third-order valence-corrected chi connectivity index (χ3v) is 13.7. The molecule has 0 N–H and O–H groups in total. The minimum atomic E-state index is -0.486. The molecule has 13 rings (SSSR count). The number of hydrogen-bond donors (Lipinski definition) is 0. The third-order valence-electron chi connectivity index (χ3n) is 13.7. The van der Waals surface area contributed by atoms with Gasteiger partial charge in [0, 0.05) is 10.8 Å². The summed E-state index contributed by atoms with van der Waals surface area (Å²) in [6.07, 6.45) is 0. The Bertz CT molecular complexity index is 3730. The SMILES string of the molecule is c1ccc(C2(c3ccc4c(c3)oc3cc(-c5cc(-c6ccc(-c7ccc8ccccc8c7)cc6)cc(-c6ccc7ccccc7c6)c5)ccc34)c3ccccc3-c3ccccc32)cc1. The lowest BCUT2D eigenvalue weighted by atomic mass is 9.67. The molecule has 64 heavy (non-hydrogen) atoms. The molecule has 298 valence electrons. The summed E-state index contributed by atoms with van der Waals surface area (Å²) in [5.41, 5.74) is 18.3. The van der Waals surface area contributed by atoms with E-state index in [9.17, 15) is 0 Å². The van der Waals surface area contributed by atoms with Gasteiger partial charge in [0.2, 0.25) is 0 Å². The predicted molar refractivity (Wildman–Crippen MR) is 268 cm³/mol. The molecule has 1 nitrogen and oxygen atoms in total. The summed E-state index contributed by atoms with van der Waals surface area (Å²) < 4.78 is 6.93. The summed E-state index contributed by atoms with van der Waals surface area (Å²) in [5, 5.41) is 7.20. The number of hydrogen-bond acceptors (Lipinski definition) is 1. The van der Waals surface area contributed by atoms with Crippen LogP contribution in [0.15, 0.2) is 247 Å². The molecule has 0 saturated heterocycles. The first-order chi connectivity index (χ1) is 31.7. The molecule has 0 saturated carbocycles. The molecule has 0 aliphatic heterocycles. The van der Waals surface area contributed by atoms with Crippen LogP contribution in [0, 0.1) is 0 Å². The predicted octanol–water partition coefficient (Wildman–Crippen LogP) is 16.9. The van der Waals surface area contributed by atoms with Gasteiger partial charge in [-0.15, -0.1) is 0 Å². The topological polar surface area (TPSA) is 13.1 Å². The van der Waals surface area contributed by atoms with Crippen LogP contribution in [0.5, 0.6) is 0 Å². The highest BCUT2D eigenvalue weighted by molar-refractivity contribution is 6.07. The Morgan fingerprint density at radius 1 is 0.250 bits per heavy atom. The van der Waals surface area contributed by atoms with Crippen LogP contribution in [-0.4, -0.2) is 0 Å². The molecule has 12 aromatic rings. The summed E-state index contributed by atoms with van der Waals surface area (Å²) in [6.45, 7) is 0. The normalized spacial score (nSPS) is 12.8. The molecule has 1 aliphatic rings. The van der Waals surface area contributed by atoms with Crippen LogP contribution in [0.4, 0.5) is 0 Å². The van der Waals surface area contributed by atoms with E-state index in [1.807, 2.05) is 0 Å². The van der Waals surface area contributed by atoms with E-state index in [-0.39, 0.29) is 0 Å². The Labute approximate surface area is 372 Å². The first-order valence-electron chi connectivity index (χ1n) is 22.1. The van der Waals surface area contributed by atoms with Crippen molar-refractivity contribution < 1.29 is 4.42 Å². The highest BCUT2D eigenvalue weighted by Crippen LogP contribution is 2.56. The van der Waals surface area contributed by atoms with E-state index >= 15 is 0 Å². The van der Waals surface area contributed by atoms with Crippen molar-refractivity contribution in [2.24, 2.45) is 0 Å². The molecule has 0 radical (unpaired) electrons. The molecular weight excluding hydrogens is 773 g/mol. The Morgan fingerprint density at radius 3 is 1.28 bits per heavy atom. The second-order valence-corrected chi connectivity index (χ2v) is 17.2. The zero-order valence-electron chi connectivity index (χ0n) is 35.0. The van der Waals surface area contributed by atoms with Gasteiger partial charge in [0.05, 0.1) is 5.41 Å². The lowest BCUT2D eigenvalue weighted by Crippen LogP contribution is -2.28. The fraction of sp³-hybridized carbons (Fsp3) is 0.0159. The molecule has 0 amide bonds. The third kappa shape index (κ3) is 5.71. The Morgan fingerprint density at radius 2 is 0.672 bits per heavy atom. The van der Waals surface area contributed by atoms with Crippen LogP contribution in [0.25, 0.3) is 99.1 Å². The second-order valence-electron chi connectivity index (χ2n) is 17.2. The van der Waals surface area contributed by atoms with Gasteiger partial charge < -0.3 is 4.42 Å². The maximum atomic E-state index is 6.93. The minimum Gasteiger partial charge on any atom is -0.456 e. The maximum Gasteiger partial charge on any atom is 0.136 e. The van der Waals surface area contributed by atoms with Gasteiger partial charge >= 0.3 is 0 Å². The maximum absolute atomic E-state index is 6.93. The van der Waals surface area contributed by atoms with Crippen molar-refractivity contribution in [3.8, 4) is 55.6 Å². The number of furan rings is 1. The highest BCUT2D eigenvalue weighted by atomic mass is 16.3. The average molecular weight is 813 g/mol. The van der Waals surface area contributed by atoms with Gasteiger partial charge in [0.15, 0.2) is 0 Å². The molecule has 0 unspecified atom stereocenters. The van der Waals surface area contributed by atoms with Crippen molar-refractivity contribution in [2.45, 2.75) is 5.41 Å². The molecule has 0 fully saturated rings. The van der Waals surface area contributed by atoms with E-state index < -0.39 is 5.41 Å². The van der Waals surface area contributed by atoms with Crippen LogP contribution < -0.4 is 0 Å². The Kier molecular flexibility index (Phi) is 8.20. The van der Waals surface area contributed by atoms with E-state index in [1.165, 1.54) is 88.3 Å². The lowest BCUT2D eigenvalue weighted by Gasteiger charge is -2.33. The fourth-order valence-electron chi connectivity index (χ4n) is 10.6. The average Bonchev–Trinajstić information content (AvgIpc) is 3.89. The van der Waals surface area contributed by atoms with Crippen molar-refractivity contribution in [2.75, 3.05) is 0 Å². The van der Waals surface area contributed by atoms with Crippen molar-refractivity contribution in [3.05, 3.63) is 265 Å². The molecule has 1 aliphatic carbocycles. The largest absolute Gasteiger partial charge is 0.456 e. The molecular formula is C63H40O. The van der Waals surface area contributed by atoms with Crippen LogP contribution in [-0.2, 0) is 5.41 Å². The molecule has 1 heteroatoms. The molecule has 1 aromatic heterocycles. The van der Waals surface area contributed by atoms with Crippen molar-refractivity contribution in [3.63, 3.8) is 0 Å². The number of rotatable bonds is 6. The second kappa shape index (κ2) is 14.4. The summed E-state index contributed by atoms with van der Waals surface area (Å²) >= 11 is 0. The van der Waals surface area contributed by atoms with E-state index in [4.69, 9.17) is 4.42 Å². The molecule has 11 aromatic carbocycles. The molecule has 0 atom stereocenters. The quantitative estimate of drug-likeness (QED) is 0.163. The van der Waals surface area contributed by atoms with Gasteiger partial charge in [0.25, 0.3) is 0 Å². The van der Waals surface area contributed by atoms with Crippen molar-refractivity contribution in [1.82, 2.24) is 0 Å². The van der Waals surface area contributed by atoms with Gasteiger partial charge in [-0.05, 0) is 148 Å². The number of fused-ring (bicyclic) bond motifs is 8. The van der Waals surface area contributed by atoms with E-state index in [0.717, 1.165) is 33.1 Å². The zero-order chi connectivity index (χ0) is 42.2. The van der Waals surface area contributed by atoms with Gasteiger partial charge in [0.1, 0.15) is 11.2 Å². The van der Waals surface area contributed by atoms with Crippen LogP contribution in [0.3, 0.4) is 0 Å². The summed E-state index contributed by atoms with van der Waals surface area (Å²) in [6, 6.07) is 89.0. The molecule has 1 heterocycles. The summed E-state index contributed by atoms with van der Waals surface area (Å²) in [7, 11) is 0. The summed E-state index contributed by atoms with van der Waals surface area (Å²) in [5.74, 6) is 0. The van der Waals surface area contributed by atoms with Crippen molar-refractivity contribution in [1.29, 1.82) is 0 Å². The zero-order valence-corrected chi connectivity index (χ0v) is 35.0. The Balaban J connectivity index is 0.940. The first-order valence-corrected chi connectivity index (χ1v) is 22.1. The monoisotopic (exact) mass is 812 g/mol. The number of benzene rings is 11. The molecule has 0 spiro atoms. The van der Waals surface area contributed by atoms with Gasteiger partial charge in [-0.1, -0.05) is 194 Å². The van der Waals surface area contributed by atoms with Crippen molar-refractivity contribution >= 4 is 43.5 Å². The first kappa shape index (κ1) is 36.4. The van der Waals surface area contributed by atoms with E-state index in [2.05, 4.69) is 243 Å². The fourth-order valence-corrected chi connectivity index (χ4v) is 10.6. The lowest BCUT2D eigenvalue weighted by molar-refractivity contribution is 0.666. The van der Waals surface area contributed by atoms with Crippen LogP contribution in [0.1, 0.15) is 22.3 Å². The Hall–Kier alpha value is -8.26. The standard InChI is InChI=1S/C63H40O/c1-2-16-53(17-3-1)63(59-20-10-8-18-55(59)56-19-9-11-21-60(56)63)54-31-33-58-57-32-30-49(39-61(57)64-62(58)40-54)52-37-50(36-51(38-52)48-29-27-42-13-5-7-15-46(42)35-48)44-24-22-43(23-25-44)47-28-26-41-12-4-6-14-45(41)34-47/h1-40H. The smallest absolute Gasteiger partial charge is 0.136 e. The highest BCUT2D eigenvalue weighted by Gasteiger charge is 2.46. The molecule has 0 bridgehead atoms. The van der Waals surface area contributed by atoms with Crippen LogP contribution >= 0.6 is 0 Å². The van der Waals surface area contributed by atoms with Crippen LogP contribution in [0.2, 0.25) is 0 Å². The minimum absolute atomic E-state index is 0.486.